The van der Waals surface area contributed by atoms with Crippen LogP contribution in [0.25, 0.3) is 0 Å². The summed E-state index contributed by atoms with van der Waals surface area (Å²) in [5.74, 6) is -3.02. The number of aliphatic carboxylic acids is 1. The molecule has 0 aromatic heterocycles. The summed E-state index contributed by atoms with van der Waals surface area (Å²) >= 11 is 0. The predicted molar refractivity (Wildman–Crippen MR) is 201 cm³/mol. The summed E-state index contributed by atoms with van der Waals surface area (Å²) in [4.78, 5) is 80.3. The van der Waals surface area contributed by atoms with Gasteiger partial charge in [0.2, 0.25) is 23.6 Å². The fourth-order valence-corrected chi connectivity index (χ4v) is 5.91. The van der Waals surface area contributed by atoms with E-state index in [9.17, 15) is 28.8 Å². The summed E-state index contributed by atoms with van der Waals surface area (Å²) in [6.07, 6.45) is 0.643. The van der Waals surface area contributed by atoms with Gasteiger partial charge in [-0.05, 0) is 97.0 Å². The van der Waals surface area contributed by atoms with Gasteiger partial charge in [-0.25, -0.2) is 4.79 Å². The Balaban J connectivity index is 1.87. The highest BCUT2D eigenvalue weighted by atomic mass is 16.6. The third-order valence-electron chi connectivity index (χ3n) is 8.27. The predicted octanol–water partition coefficient (Wildman–Crippen LogP) is 2.44. The first-order valence-electron chi connectivity index (χ1n) is 18.3. The number of benzene rings is 2. The Bertz CT molecular complexity index is 1590. The van der Waals surface area contributed by atoms with Crippen molar-refractivity contribution in [3.05, 3.63) is 65.7 Å². The van der Waals surface area contributed by atoms with Gasteiger partial charge >= 0.3 is 12.1 Å². The molecule has 0 radical (unpaired) electrons. The number of hydrogen-bond donors (Lipinski definition) is 6. The van der Waals surface area contributed by atoms with Crippen molar-refractivity contribution >= 4 is 35.7 Å². The third-order valence-corrected chi connectivity index (χ3v) is 8.27. The molecule has 1 fully saturated rings. The Morgan fingerprint density at radius 1 is 0.815 bits per heavy atom. The first-order valence-corrected chi connectivity index (χ1v) is 18.3. The third kappa shape index (κ3) is 14.7. The highest BCUT2D eigenvalue weighted by Gasteiger charge is 2.39. The quantitative estimate of drug-likeness (QED) is 0.139. The minimum Gasteiger partial charge on any atom is -0.488 e. The highest BCUT2D eigenvalue weighted by molar-refractivity contribution is 5.96. The minimum atomic E-state index is -1.22. The number of rotatable bonds is 17. The number of nitrogens with zero attached hydrogens (tertiary/aromatic N) is 1. The van der Waals surface area contributed by atoms with Crippen LogP contribution in [-0.4, -0.2) is 101 Å². The van der Waals surface area contributed by atoms with Gasteiger partial charge in [0.15, 0.2) is 0 Å². The van der Waals surface area contributed by atoms with E-state index < -0.39 is 77.6 Å². The molecular weight excluding hydrogens is 696 g/mol. The van der Waals surface area contributed by atoms with Gasteiger partial charge < -0.3 is 46.5 Å². The molecule has 0 bridgehead atoms. The van der Waals surface area contributed by atoms with Gasteiger partial charge in [-0.1, -0.05) is 42.5 Å². The molecule has 3 rings (SSSR count). The van der Waals surface area contributed by atoms with E-state index in [0.717, 1.165) is 5.56 Å². The number of nitrogens with two attached hydrogens (primary N) is 1. The monoisotopic (exact) mass is 752 g/mol. The van der Waals surface area contributed by atoms with Crippen LogP contribution >= 0.6 is 0 Å². The Morgan fingerprint density at radius 2 is 1.41 bits per heavy atom. The van der Waals surface area contributed by atoms with Crippen molar-refractivity contribution in [2.24, 2.45) is 5.73 Å². The van der Waals surface area contributed by atoms with Gasteiger partial charge in [0.25, 0.3) is 0 Å². The summed E-state index contributed by atoms with van der Waals surface area (Å²) in [6, 6.07) is 11.8. The van der Waals surface area contributed by atoms with Crippen LogP contribution in [0.2, 0.25) is 0 Å². The lowest BCUT2D eigenvalue weighted by Gasteiger charge is -2.30. The highest BCUT2D eigenvalue weighted by Crippen LogP contribution is 2.21. The van der Waals surface area contributed by atoms with E-state index in [2.05, 4.69) is 21.3 Å². The van der Waals surface area contributed by atoms with Crippen LogP contribution in [0.15, 0.2) is 54.6 Å². The van der Waals surface area contributed by atoms with Crippen molar-refractivity contribution in [1.82, 2.24) is 26.2 Å². The molecule has 2 aromatic rings. The molecule has 54 heavy (non-hydrogen) atoms. The molecule has 0 spiro atoms. The molecule has 15 nitrogen and oxygen atoms in total. The molecule has 0 aliphatic carbocycles. The van der Waals surface area contributed by atoms with Crippen LogP contribution in [0.1, 0.15) is 78.4 Å². The molecule has 7 N–H and O–H groups in total. The molecule has 15 heteroatoms. The summed E-state index contributed by atoms with van der Waals surface area (Å²) in [7, 11) is 0. The molecule has 0 unspecified atom stereocenters. The lowest BCUT2D eigenvalue weighted by atomic mass is 10.0. The average molecular weight is 753 g/mol. The van der Waals surface area contributed by atoms with Crippen molar-refractivity contribution in [2.45, 2.75) is 115 Å². The number of carboxylic acid groups (broad SMARTS) is 1. The molecule has 2 aromatic carbocycles. The standard InChI is InChI=1S/C39H56N6O9/c1-38(2,3)53-27-18-16-26(17-19-27)22-29(44-37(52)54-39(4,5)6)34(49)42-28(14-10-20-40)33(48)43-30(23-25-12-8-7-9-13-25)36(51)45-21-11-15-31(45)35(50)41-24-32(46)47/h7-9,12-13,16-19,28-31H,10-11,14-15,20-24,40H2,1-6H3,(H,41,50)(H,42,49)(H,43,48)(H,44,52)(H,46,47)/t28-,29+,30+,31-/m1/s1. The zero-order valence-electron chi connectivity index (χ0n) is 32.1. The maximum Gasteiger partial charge on any atom is 0.408 e. The number of likely N-dealkylation sites (tertiary alicyclic amines) is 1. The molecule has 5 amide bonds. The molecule has 1 saturated heterocycles. The SMILES string of the molecule is CC(C)(C)OC(=O)N[C@@H](Cc1ccc(OC(C)(C)C)cc1)C(=O)N[C@H](CCCN)C(=O)N[C@@H](Cc1ccccc1)C(=O)N1CCC[C@@H]1C(=O)NCC(=O)O. The van der Waals surface area contributed by atoms with Gasteiger partial charge in [0.1, 0.15) is 47.7 Å². The zero-order valence-corrected chi connectivity index (χ0v) is 32.1. The van der Waals surface area contributed by atoms with Crippen LogP contribution < -0.4 is 31.7 Å². The second-order valence-electron chi connectivity index (χ2n) is 15.3. The van der Waals surface area contributed by atoms with E-state index in [1.54, 1.807) is 69.3 Å². The van der Waals surface area contributed by atoms with E-state index in [0.29, 0.717) is 30.6 Å². The van der Waals surface area contributed by atoms with Crippen LogP contribution in [0.4, 0.5) is 4.79 Å². The van der Waals surface area contributed by atoms with Gasteiger partial charge in [-0.2, -0.15) is 0 Å². The van der Waals surface area contributed by atoms with E-state index in [4.69, 9.17) is 20.3 Å². The number of hydrogen-bond acceptors (Lipinski definition) is 9. The Morgan fingerprint density at radius 3 is 2.00 bits per heavy atom. The van der Waals surface area contributed by atoms with Crippen molar-refractivity contribution < 1.29 is 43.3 Å². The second kappa shape index (κ2) is 19.8. The first kappa shape index (κ1) is 43.2. The number of amides is 5. The second-order valence-corrected chi connectivity index (χ2v) is 15.3. The molecular formula is C39H56N6O9. The molecule has 1 aliphatic rings. The summed E-state index contributed by atoms with van der Waals surface area (Å²) in [5.41, 5.74) is 5.99. The van der Waals surface area contributed by atoms with E-state index in [-0.39, 0.29) is 32.4 Å². The van der Waals surface area contributed by atoms with Crippen LogP contribution in [0.5, 0.6) is 5.75 Å². The largest absolute Gasteiger partial charge is 0.488 e. The Labute approximate surface area is 317 Å². The van der Waals surface area contributed by atoms with E-state index in [1.165, 1.54) is 4.90 Å². The van der Waals surface area contributed by atoms with Crippen LogP contribution in [-0.2, 0) is 41.6 Å². The van der Waals surface area contributed by atoms with Crippen molar-refractivity contribution in [1.29, 1.82) is 0 Å². The lowest BCUT2D eigenvalue weighted by molar-refractivity contribution is -0.143. The minimum absolute atomic E-state index is 0.0571. The smallest absolute Gasteiger partial charge is 0.408 e. The van der Waals surface area contributed by atoms with Gasteiger partial charge in [0, 0.05) is 19.4 Å². The lowest BCUT2D eigenvalue weighted by Crippen LogP contribution is -2.59. The van der Waals surface area contributed by atoms with Gasteiger partial charge in [0.05, 0.1) is 0 Å². The summed E-state index contributed by atoms with van der Waals surface area (Å²) < 4.78 is 11.3. The molecule has 0 saturated carbocycles. The van der Waals surface area contributed by atoms with Crippen LogP contribution in [0, 0.1) is 0 Å². The van der Waals surface area contributed by atoms with Crippen molar-refractivity contribution in [3.63, 3.8) is 0 Å². The topological polar surface area (TPSA) is 218 Å². The zero-order chi connectivity index (χ0) is 40.1. The number of carboxylic acids is 1. The number of nitrogens with one attached hydrogen (secondary N) is 4. The fraction of sp³-hybridized carbons (Fsp3) is 0.538. The summed E-state index contributed by atoms with van der Waals surface area (Å²) in [6.45, 7) is 10.7. The molecule has 1 aliphatic heterocycles. The van der Waals surface area contributed by atoms with Gasteiger partial charge in [-0.15, -0.1) is 0 Å². The Kier molecular flexibility index (Phi) is 15.8. The van der Waals surface area contributed by atoms with Crippen molar-refractivity contribution in [2.75, 3.05) is 19.6 Å². The normalized spacial score (nSPS) is 16.0. The van der Waals surface area contributed by atoms with Crippen molar-refractivity contribution in [3.8, 4) is 5.75 Å². The van der Waals surface area contributed by atoms with E-state index >= 15 is 0 Å². The Hall–Kier alpha value is -5.18. The maximum absolute atomic E-state index is 14.1. The van der Waals surface area contributed by atoms with Gasteiger partial charge in [-0.3, -0.25) is 24.0 Å². The molecule has 296 valence electrons. The van der Waals surface area contributed by atoms with E-state index in [1.807, 2.05) is 26.8 Å². The maximum atomic E-state index is 14.1. The summed E-state index contributed by atoms with van der Waals surface area (Å²) in [5, 5.41) is 19.6. The molecule has 1 heterocycles. The number of ether oxygens (including phenoxy) is 2. The molecule has 4 atom stereocenters. The fourth-order valence-electron chi connectivity index (χ4n) is 5.91. The first-order chi connectivity index (χ1) is 25.3. The average Bonchev–Trinajstić information content (AvgIpc) is 3.58. The van der Waals surface area contributed by atoms with Crippen LogP contribution in [0.3, 0.4) is 0 Å². The number of carbonyl (C=O) groups excluding carboxylic acids is 5. The number of carbonyl (C=O) groups is 6. The number of alkyl carbamates (subject to hydrolysis) is 1.